The SMILES string of the molecule is O=C(C1CCC(C(F)(F)F)CC1)N1CCCC(Br)C1. The molecular formula is C13H19BrF3NO. The maximum absolute atomic E-state index is 12.6. The number of halogens is 4. The van der Waals surface area contributed by atoms with E-state index < -0.39 is 12.1 Å². The van der Waals surface area contributed by atoms with Gasteiger partial charge in [-0.3, -0.25) is 4.79 Å². The van der Waals surface area contributed by atoms with Crippen molar-refractivity contribution in [1.82, 2.24) is 4.90 Å². The summed E-state index contributed by atoms with van der Waals surface area (Å²) in [5.41, 5.74) is 0. The molecule has 2 nitrogen and oxygen atoms in total. The van der Waals surface area contributed by atoms with Crippen LogP contribution in [0, 0.1) is 11.8 Å². The molecule has 0 bridgehead atoms. The first-order valence-electron chi connectivity index (χ1n) is 6.87. The van der Waals surface area contributed by atoms with Gasteiger partial charge in [-0.1, -0.05) is 15.9 Å². The van der Waals surface area contributed by atoms with Crippen molar-refractivity contribution in [3.05, 3.63) is 0 Å². The molecule has 1 saturated carbocycles. The van der Waals surface area contributed by atoms with Crippen molar-refractivity contribution < 1.29 is 18.0 Å². The van der Waals surface area contributed by atoms with Gasteiger partial charge in [-0.15, -0.1) is 0 Å². The number of piperidine rings is 1. The number of carbonyl (C=O) groups excluding carboxylic acids is 1. The third-order valence-corrected chi connectivity index (χ3v) is 4.96. The van der Waals surface area contributed by atoms with Gasteiger partial charge in [0.05, 0.1) is 5.92 Å². The van der Waals surface area contributed by atoms with E-state index in [2.05, 4.69) is 15.9 Å². The Kier molecular flexibility index (Phi) is 4.79. The lowest BCUT2D eigenvalue weighted by Crippen LogP contribution is -2.44. The van der Waals surface area contributed by atoms with Gasteiger partial charge in [0, 0.05) is 23.8 Å². The second kappa shape index (κ2) is 6.02. The summed E-state index contributed by atoms with van der Waals surface area (Å²) >= 11 is 3.51. The van der Waals surface area contributed by atoms with Crippen molar-refractivity contribution in [2.45, 2.75) is 49.5 Å². The predicted octanol–water partition coefficient (Wildman–Crippen LogP) is 3.74. The molecule has 19 heavy (non-hydrogen) atoms. The molecule has 110 valence electrons. The van der Waals surface area contributed by atoms with E-state index in [9.17, 15) is 18.0 Å². The average molecular weight is 342 g/mol. The van der Waals surface area contributed by atoms with Crippen LogP contribution >= 0.6 is 15.9 Å². The first-order chi connectivity index (χ1) is 8.88. The summed E-state index contributed by atoms with van der Waals surface area (Å²) in [5, 5.41) is 0. The monoisotopic (exact) mass is 341 g/mol. The molecule has 1 aliphatic carbocycles. The summed E-state index contributed by atoms with van der Waals surface area (Å²) in [6.45, 7) is 1.44. The summed E-state index contributed by atoms with van der Waals surface area (Å²) in [5.74, 6) is -1.34. The van der Waals surface area contributed by atoms with Crippen LogP contribution in [-0.2, 0) is 4.79 Å². The fourth-order valence-corrected chi connectivity index (χ4v) is 3.72. The van der Waals surface area contributed by atoms with Gasteiger partial charge in [-0.05, 0) is 38.5 Å². The van der Waals surface area contributed by atoms with Gasteiger partial charge < -0.3 is 4.90 Å². The zero-order valence-electron chi connectivity index (χ0n) is 10.8. The van der Waals surface area contributed by atoms with Crippen LogP contribution in [0.3, 0.4) is 0 Å². The third kappa shape index (κ3) is 3.86. The number of rotatable bonds is 1. The predicted molar refractivity (Wildman–Crippen MR) is 70.0 cm³/mol. The van der Waals surface area contributed by atoms with E-state index in [4.69, 9.17) is 0 Å². The quantitative estimate of drug-likeness (QED) is 0.665. The van der Waals surface area contributed by atoms with Crippen LogP contribution in [0.2, 0.25) is 0 Å². The van der Waals surface area contributed by atoms with Crippen molar-refractivity contribution >= 4 is 21.8 Å². The van der Waals surface area contributed by atoms with Crippen molar-refractivity contribution in [2.24, 2.45) is 11.8 Å². The smallest absolute Gasteiger partial charge is 0.341 e. The molecule has 0 aromatic heterocycles. The molecule has 2 aliphatic rings. The van der Waals surface area contributed by atoms with Crippen LogP contribution in [0.25, 0.3) is 0 Å². The molecule has 0 N–H and O–H groups in total. The van der Waals surface area contributed by atoms with Gasteiger partial charge in [0.25, 0.3) is 0 Å². The van der Waals surface area contributed by atoms with Crippen LogP contribution in [0.5, 0.6) is 0 Å². The molecule has 2 rings (SSSR count). The average Bonchev–Trinajstić information content (AvgIpc) is 2.37. The lowest BCUT2D eigenvalue weighted by Gasteiger charge is -2.35. The Balaban J connectivity index is 1.85. The molecule has 1 atom stereocenters. The number of alkyl halides is 4. The van der Waals surface area contributed by atoms with Gasteiger partial charge in [0.2, 0.25) is 5.91 Å². The molecule has 1 unspecified atom stereocenters. The first kappa shape index (κ1) is 15.1. The molecule has 1 amide bonds. The highest BCUT2D eigenvalue weighted by atomic mass is 79.9. The van der Waals surface area contributed by atoms with E-state index in [1.54, 1.807) is 0 Å². The minimum atomic E-state index is -4.10. The number of hydrogen-bond donors (Lipinski definition) is 0. The van der Waals surface area contributed by atoms with E-state index in [0.717, 1.165) is 19.4 Å². The van der Waals surface area contributed by atoms with Gasteiger partial charge in [-0.25, -0.2) is 0 Å². The molecule has 6 heteroatoms. The first-order valence-corrected chi connectivity index (χ1v) is 7.79. The van der Waals surface area contributed by atoms with Crippen LogP contribution in [0.15, 0.2) is 0 Å². The van der Waals surface area contributed by atoms with Crippen LogP contribution in [-0.4, -0.2) is 34.9 Å². The number of nitrogens with zero attached hydrogens (tertiary/aromatic N) is 1. The number of hydrogen-bond acceptors (Lipinski definition) is 1. The fourth-order valence-electron chi connectivity index (χ4n) is 3.05. The summed E-state index contributed by atoms with van der Waals surface area (Å²) in [7, 11) is 0. The topological polar surface area (TPSA) is 20.3 Å². The number of likely N-dealkylation sites (tertiary alicyclic amines) is 1. The molecule has 2 fully saturated rings. The van der Waals surface area contributed by atoms with Crippen molar-refractivity contribution in [2.75, 3.05) is 13.1 Å². The number of amides is 1. The molecule has 0 aromatic rings. The zero-order valence-corrected chi connectivity index (χ0v) is 12.3. The maximum atomic E-state index is 12.6. The third-order valence-electron chi connectivity index (χ3n) is 4.21. The highest BCUT2D eigenvalue weighted by Gasteiger charge is 2.43. The Hall–Kier alpha value is -0.260. The lowest BCUT2D eigenvalue weighted by atomic mass is 9.81. The largest absolute Gasteiger partial charge is 0.391 e. The zero-order chi connectivity index (χ0) is 14.0. The number of carbonyl (C=O) groups is 1. The van der Waals surface area contributed by atoms with Gasteiger partial charge in [0.1, 0.15) is 0 Å². The molecular weight excluding hydrogens is 323 g/mol. The summed E-state index contributed by atoms with van der Waals surface area (Å²) in [6, 6.07) is 0. The minimum Gasteiger partial charge on any atom is -0.341 e. The molecule has 0 spiro atoms. The highest BCUT2D eigenvalue weighted by Crippen LogP contribution is 2.40. The Morgan fingerprint density at radius 2 is 1.74 bits per heavy atom. The second-order valence-electron chi connectivity index (χ2n) is 5.61. The molecule has 1 saturated heterocycles. The van der Waals surface area contributed by atoms with Crippen molar-refractivity contribution in [3.8, 4) is 0 Å². The summed E-state index contributed by atoms with van der Waals surface area (Å²) < 4.78 is 37.7. The highest BCUT2D eigenvalue weighted by molar-refractivity contribution is 9.09. The lowest BCUT2D eigenvalue weighted by molar-refractivity contribution is -0.185. The van der Waals surface area contributed by atoms with Crippen LogP contribution in [0.1, 0.15) is 38.5 Å². The summed E-state index contributed by atoms with van der Waals surface area (Å²) in [6.07, 6.45) is -1.10. The minimum absolute atomic E-state index is 0.0600. The molecule has 0 aromatic carbocycles. The Bertz CT molecular complexity index is 326. The molecule has 1 heterocycles. The van der Waals surface area contributed by atoms with E-state index >= 15 is 0 Å². The Morgan fingerprint density at radius 3 is 2.26 bits per heavy atom. The van der Waals surface area contributed by atoms with Crippen molar-refractivity contribution in [3.63, 3.8) is 0 Å². The standard InChI is InChI=1S/C13H19BrF3NO/c14-11-2-1-7-18(8-11)12(19)9-3-5-10(6-4-9)13(15,16)17/h9-11H,1-8H2. The van der Waals surface area contributed by atoms with E-state index in [-0.39, 0.29) is 24.7 Å². The second-order valence-corrected chi connectivity index (χ2v) is 6.91. The Morgan fingerprint density at radius 1 is 1.11 bits per heavy atom. The van der Waals surface area contributed by atoms with E-state index in [1.165, 1.54) is 0 Å². The van der Waals surface area contributed by atoms with Gasteiger partial charge in [-0.2, -0.15) is 13.2 Å². The van der Waals surface area contributed by atoms with Gasteiger partial charge in [0.15, 0.2) is 0 Å². The van der Waals surface area contributed by atoms with Crippen LogP contribution < -0.4 is 0 Å². The van der Waals surface area contributed by atoms with Gasteiger partial charge >= 0.3 is 6.18 Å². The van der Waals surface area contributed by atoms with Crippen molar-refractivity contribution in [1.29, 1.82) is 0 Å². The Labute approximate surface area is 119 Å². The normalized spacial score (nSPS) is 33.3. The molecule has 0 radical (unpaired) electrons. The van der Waals surface area contributed by atoms with Crippen LogP contribution in [0.4, 0.5) is 13.2 Å². The maximum Gasteiger partial charge on any atom is 0.391 e. The molecule has 1 aliphatic heterocycles. The summed E-state index contributed by atoms with van der Waals surface area (Å²) in [4.78, 5) is 14.4. The van der Waals surface area contributed by atoms with E-state index in [1.807, 2.05) is 4.90 Å². The van der Waals surface area contributed by atoms with E-state index in [0.29, 0.717) is 24.2 Å². The fraction of sp³-hybridized carbons (Fsp3) is 0.923.